The van der Waals surface area contributed by atoms with Gasteiger partial charge in [-0.15, -0.1) is 0 Å². The van der Waals surface area contributed by atoms with Crippen molar-refractivity contribution in [3.05, 3.63) is 30.3 Å². The van der Waals surface area contributed by atoms with Crippen molar-refractivity contribution in [3.63, 3.8) is 0 Å². The number of nitrogens with one attached hydrogen (secondary N) is 1. The molecule has 2 atom stereocenters. The molecular weight excluding hydrogens is 254 g/mol. The van der Waals surface area contributed by atoms with Crippen molar-refractivity contribution in [2.45, 2.75) is 39.5 Å². The van der Waals surface area contributed by atoms with Crippen LogP contribution in [0.5, 0.6) is 0 Å². The number of benzene rings is 1. The van der Waals surface area contributed by atoms with Crippen molar-refractivity contribution in [1.82, 2.24) is 0 Å². The molecule has 0 radical (unpaired) electrons. The second-order valence-corrected chi connectivity index (χ2v) is 5.18. The van der Waals surface area contributed by atoms with E-state index in [1.54, 1.807) is 0 Å². The van der Waals surface area contributed by atoms with Crippen molar-refractivity contribution >= 4 is 17.6 Å². The van der Waals surface area contributed by atoms with Crippen molar-refractivity contribution < 1.29 is 14.7 Å². The molecule has 4 nitrogen and oxygen atoms in total. The third kappa shape index (κ3) is 5.43. The summed E-state index contributed by atoms with van der Waals surface area (Å²) in [5.41, 5.74) is 0.741. The summed E-state index contributed by atoms with van der Waals surface area (Å²) in [6.45, 7) is 3.87. The lowest BCUT2D eigenvalue weighted by Gasteiger charge is -2.19. The first-order chi connectivity index (χ1) is 9.54. The number of hydrogen-bond acceptors (Lipinski definition) is 2. The van der Waals surface area contributed by atoms with Gasteiger partial charge in [-0.1, -0.05) is 44.9 Å². The lowest BCUT2D eigenvalue weighted by atomic mass is 9.87. The maximum absolute atomic E-state index is 11.9. The van der Waals surface area contributed by atoms with Crippen LogP contribution in [-0.2, 0) is 9.59 Å². The molecular formula is C16H23NO3. The van der Waals surface area contributed by atoms with Crippen LogP contribution < -0.4 is 5.32 Å². The van der Waals surface area contributed by atoms with Crippen LogP contribution in [0.3, 0.4) is 0 Å². The normalized spacial score (nSPS) is 13.5. The standard InChI is InChI=1S/C16H23NO3/c1-3-4-10-14(16(19)20)12(2)11-15(18)17-13-8-6-5-7-9-13/h5-9,12,14H,3-4,10-11H2,1-2H3,(H,17,18)(H,19,20)/t12-,14+/m1/s1. The van der Waals surface area contributed by atoms with Crippen molar-refractivity contribution in [2.24, 2.45) is 11.8 Å². The molecule has 0 fully saturated rings. The molecule has 4 heteroatoms. The van der Waals surface area contributed by atoms with Gasteiger partial charge in [-0.2, -0.15) is 0 Å². The molecule has 1 rings (SSSR count). The van der Waals surface area contributed by atoms with Gasteiger partial charge in [0, 0.05) is 12.1 Å². The Bertz CT molecular complexity index is 431. The Balaban J connectivity index is 2.52. The highest BCUT2D eigenvalue weighted by Crippen LogP contribution is 2.22. The molecule has 0 aliphatic heterocycles. The minimum Gasteiger partial charge on any atom is -0.481 e. The highest BCUT2D eigenvalue weighted by atomic mass is 16.4. The topological polar surface area (TPSA) is 66.4 Å². The Morgan fingerprint density at radius 2 is 1.90 bits per heavy atom. The summed E-state index contributed by atoms with van der Waals surface area (Å²) in [4.78, 5) is 23.2. The number of carboxylic acids is 1. The molecule has 0 heterocycles. The molecule has 1 aromatic carbocycles. The van der Waals surface area contributed by atoms with E-state index in [4.69, 9.17) is 0 Å². The Morgan fingerprint density at radius 3 is 2.45 bits per heavy atom. The Hall–Kier alpha value is -1.84. The highest BCUT2D eigenvalue weighted by Gasteiger charge is 2.25. The van der Waals surface area contributed by atoms with Gasteiger partial charge in [0.25, 0.3) is 0 Å². The minimum absolute atomic E-state index is 0.133. The van der Waals surface area contributed by atoms with Crippen LogP contribution in [0.2, 0.25) is 0 Å². The fourth-order valence-corrected chi connectivity index (χ4v) is 2.24. The summed E-state index contributed by atoms with van der Waals surface area (Å²) >= 11 is 0. The summed E-state index contributed by atoms with van der Waals surface area (Å²) in [5.74, 6) is -1.55. The van der Waals surface area contributed by atoms with E-state index >= 15 is 0 Å². The molecule has 0 aliphatic rings. The summed E-state index contributed by atoms with van der Waals surface area (Å²) in [6, 6.07) is 9.20. The highest BCUT2D eigenvalue weighted by molar-refractivity contribution is 5.91. The monoisotopic (exact) mass is 277 g/mol. The smallest absolute Gasteiger partial charge is 0.306 e. The Labute approximate surface area is 120 Å². The van der Waals surface area contributed by atoms with Crippen molar-refractivity contribution in [2.75, 3.05) is 5.32 Å². The summed E-state index contributed by atoms with van der Waals surface area (Å²) in [6.07, 6.45) is 2.70. The summed E-state index contributed by atoms with van der Waals surface area (Å²) < 4.78 is 0. The predicted octanol–water partition coefficient (Wildman–Crippen LogP) is 3.54. The molecule has 110 valence electrons. The van der Waals surface area contributed by atoms with Gasteiger partial charge < -0.3 is 10.4 Å². The second kappa shape index (κ2) is 8.35. The first-order valence-electron chi connectivity index (χ1n) is 7.12. The van der Waals surface area contributed by atoms with Gasteiger partial charge in [0.2, 0.25) is 5.91 Å². The lowest BCUT2D eigenvalue weighted by Crippen LogP contribution is -2.26. The molecule has 0 unspecified atom stereocenters. The van der Waals surface area contributed by atoms with Gasteiger partial charge in [-0.25, -0.2) is 0 Å². The van der Waals surface area contributed by atoms with Crippen LogP contribution in [0.1, 0.15) is 39.5 Å². The maximum Gasteiger partial charge on any atom is 0.306 e. The molecule has 0 bridgehead atoms. The van der Waals surface area contributed by atoms with Gasteiger partial charge in [0.05, 0.1) is 5.92 Å². The van der Waals surface area contributed by atoms with E-state index in [-0.39, 0.29) is 18.2 Å². The van der Waals surface area contributed by atoms with Gasteiger partial charge in [-0.3, -0.25) is 9.59 Å². The number of amides is 1. The molecule has 20 heavy (non-hydrogen) atoms. The lowest BCUT2D eigenvalue weighted by molar-refractivity contribution is -0.144. The van der Waals surface area contributed by atoms with Crippen LogP contribution in [0.4, 0.5) is 5.69 Å². The number of anilines is 1. The number of carbonyl (C=O) groups excluding carboxylic acids is 1. The number of unbranched alkanes of at least 4 members (excludes halogenated alkanes) is 1. The van der Waals surface area contributed by atoms with Crippen LogP contribution in [0.25, 0.3) is 0 Å². The molecule has 0 aromatic heterocycles. The third-order valence-electron chi connectivity index (χ3n) is 3.44. The zero-order valence-corrected chi connectivity index (χ0v) is 12.1. The van der Waals surface area contributed by atoms with E-state index in [9.17, 15) is 14.7 Å². The number of hydrogen-bond donors (Lipinski definition) is 2. The second-order valence-electron chi connectivity index (χ2n) is 5.18. The summed E-state index contributed by atoms with van der Waals surface area (Å²) in [5, 5.41) is 12.0. The van der Waals surface area contributed by atoms with Crippen molar-refractivity contribution in [3.8, 4) is 0 Å². The molecule has 0 spiro atoms. The van der Waals surface area contributed by atoms with Crippen molar-refractivity contribution in [1.29, 1.82) is 0 Å². The number of carbonyl (C=O) groups is 2. The van der Waals surface area contributed by atoms with Crippen LogP contribution in [-0.4, -0.2) is 17.0 Å². The maximum atomic E-state index is 11.9. The van der Waals surface area contributed by atoms with Crippen LogP contribution in [0.15, 0.2) is 30.3 Å². The fourth-order valence-electron chi connectivity index (χ4n) is 2.24. The number of carboxylic acid groups (broad SMARTS) is 1. The van der Waals surface area contributed by atoms with Gasteiger partial charge in [0.1, 0.15) is 0 Å². The molecule has 0 aliphatic carbocycles. The van der Waals surface area contributed by atoms with E-state index in [1.807, 2.05) is 44.2 Å². The quantitative estimate of drug-likeness (QED) is 0.763. The zero-order valence-electron chi connectivity index (χ0n) is 12.1. The SMILES string of the molecule is CCCC[C@H](C(=O)O)[C@H](C)CC(=O)Nc1ccccc1. The first kappa shape index (κ1) is 16.2. The molecule has 0 saturated heterocycles. The zero-order chi connectivity index (χ0) is 15.0. The molecule has 0 saturated carbocycles. The van der Waals surface area contributed by atoms with E-state index in [1.165, 1.54) is 0 Å². The average Bonchev–Trinajstić information content (AvgIpc) is 2.39. The van der Waals surface area contributed by atoms with E-state index < -0.39 is 11.9 Å². The predicted molar refractivity (Wildman–Crippen MR) is 79.5 cm³/mol. The van der Waals surface area contributed by atoms with Crippen LogP contribution >= 0.6 is 0 Å². The van der Waals surface area contributed by atoms with Gasteiger partial charge >= 0.3 is 5.97 Å². The Kier molecular flexibility index (Phi) is 6.77. The molecule has 1 amide bonds. The first-order valence-corrected chi connectivity index (χ1v) is 7.12. The number of rotatable bonds is 8. The largest absolute Gasteiger partial charge is 0.481 e. The number of para-hydroxylation sites is 1. The fraction of sp³-hybridized carbons (Fsp3) is 0.500. The van der Waals surface area contributed by atoms with Crippen LogP contribution in [0, 0.1) is 11.8 Å². The average molecular weight is 277 g/mol. The van der Waals surface area contributed by atoms with Gasteiger partial charge in [0.15, 0.2) is 0 Å². The molecule has 1 aromatic rings. The minimum atomic E-state index is -0.807. The van der Waals surface area contributed by atoms with E-state index in [0.717, 1.165) is 18.5 Å². The third-order valence-corrected chi connectivity index (χ3v) is 3.44. The molecule has 2 N–H and O–H groups in total. The summed E-state index contributed by atoms with van der Waals surface area (Å²) in [7, 11) is 0. The Morgan fingerprint density at radius 1 is 1.25 bits per heavy atom. The van der Waals surface area contributed by atoms with E-state index in [0.29, 0.717) is 6.42 Å². The number of aliphatic carboxylic acids is 1. The van der Waals surface area contributed by atoms with E-state index in [2.05, 4.69) is 5.32 Å². The van der Waals surface area contributed by atoms with Gasteiger partial charge in [-0.05, 0) is 24.5 Å².